The van der Waals surface area contributed by atoms with Crippen molar-refractivity contribution in [2.24, 2.45) is 7.05 Å². The first-order valence-electron chi connectivity index (χ1n) is 9.28. The van der Waals surface area contributed by atoms with Crippen molar-refractivity contribution in [2.45, 2.75) is 13.0 Å². The van der Waals surface area contributed by atoms with E-state index in [1.165, 1.54) is 16.6 Å². The minimum Gasteiger partial charge on any atom is -0.346 e. The number of hydrogen-bond acceptors (Lipinski definition) is 3. The number of aromatic nitrogens is 3. The number of rotatable bonds is 2. The Balaban J connectivity index is 0.00000205. The highest BCUT2D eigenvalue weighted by atomic mass is 35.5. The summed E-state index contributed by atoms with van der Waals surface area (Å²) < 4.78 is 3.90. The second-order valence-electron chi connectivity index (χ2n) is 7.10. The minimum atomic E-state index is -0.0887. The van der Waals surface area contributed by atoms with Crippen LogP contribution in [0.1, 0.15) is 11.3 Å². The standard InChI is InChI=1S/C22H19ClN4O.ClH/c1-26-20-11-16(3-4-17(20)18-6-8-24-13-21(18)26)27-9-7-14(10-22(27)28)19-5-2-15(23)12-25-19;/h2-5,7,9-12,24H,6,8,13H2,1H3;1H. The summed E-state index contributed by atoms with van der Waals surface area (Å²) in [5, 5.41) is 5.28. The SMILES string of the molecule is Cl.Cn1c2c(c3ccc(-n4ccc(-c5ccc(Cl)cn5)cc4=O)cc31)CCNC2. The fourth-order valence-electron chi connectivity index (χ4n) is 4.03. The number of halogens is 2. The van der Waals surface area contributed by atoms with Crippen LogP contribution in [-0.2, 0) is 20.0 Å². The smallest absolute Gasteiger partial charge is 0.255 e. The highest BCUT2D eigenvalue weighted by Gasteiger charge is 2.18. The van der Waals surface area contributed by atoms with Gasteiger partial charge in [0.05, 0.1) is 21.9 Å². The van der Waals surface area contributed by atoms with Crippen LogP contribution in [-0.4, -0.2) is 20.7 Å². The third kappa shape index (κ3) is 3.35. The van der Waals surface area contributed by atoms with Crippen LogP contribution >= 0.6 is 24.0 Å². The molecule has 0 unspecified atom stereocenters. The summed E-state index contributed by atoms with van der Waals surface area (Å²) in [6.07, 6.45) is 4.43. The summed E-state index contributed by atoms with van der Waals surface area (Å²) >= 11 is 5.90. The van der Waals surface area contributed by atoms with E-state index in [0.29, 0.717) is 5.02 Å². The molecule has 0 bridgehead atoms. The van der Waals surface area contributed by atoms with Crippen molar-refractivity contribution in [1.29, 1.82) is 0 Å². The third-order valence-corrected chi connectivity index (χ3v) is 5.71. The molecule has 5 rings (SSSR count). The molecular formula is C22H20Cl2N4O. The van der Waals surface area contributed by atoms with Crippen LogP contribution in [0.25, 0.3) is 27.8 Å². The molecule has 0 spiro atoms. The Labute approximate surface area is 179 Å². The lowest BCUT2D eigenvalue weighted by Gasteiger charge is -2.14. The average Bonchev–Trinajstić information content (AvgIpc) is 3.01. The molecule has 0 saturated heterocycles. The normalized spacial score (nSPS) is 13.2. The van der Waals surface area contributed by atoms with Crippen LogP contribution < -0.4 is 10.9 Å². The first-order valence-corrected chi connectivity index (χ1v) is 9.65. The molecule has 4 aromatic rings. The van der Waals surface area contributed by atoms with Gasteiger partial charge in [-0.25, -0.2) is 0 Å². The highest BCUT2D eigenvalue weighted by molar-refractivity contribution is 6.30. The van der Waals surface area contributed by atoms with Gasteiger partial charge in [0.15, 0.2) is 0 Å². The number of nitrogens with one attached hydrogen (secondary N) is 1. The van der Waals surface area contributed by atoms with E-state index in [1.807, 2.05) is 18.2 Å². The van der Waals surface area contributed by atoms with Crippen molar-refractivity contribution in [3.05, 3.63) is 81.5 Å². The van der Waals surface area contributed by atoms with Gasteiger partial charge in [0.1, 0.15) is 0 Å². The topological polar surface area (TPSA) is 51.9 Å². The Morgan fingerprint density at radius 1 is 1.14 bits per heavy atom. The lowest BCUT2D eigenvalue weighted by atomic mass is 10.0. The van der Waals surface area contributed by atoms with Gasteiger partial charge in [-0.2, -0.15) is 0 Å². The maximum Gasteiger partial charge on any atom is 0.255 e. The number of aryl methyl sites for hydroxylation is 1. The number of pyridine rings is 2. The van der Waals surface area contributed by atoms with E-state index in [9.17, 15) is 4.79 Å². The number of fused-ring (bicyclic) bond motifs is 3. The first-order chi connectivity index (χ1) is 13.6. The third-order valence-electron chi connectivity index (χ3n) is 5.49. The Morgan fingerprint density at radius 3 is 2.76 bits per heavy atom. The van der Waals surface area contributed by atoms with E-state index in [4.69, 9.17) is 11.6 Å². The zero-order chi connectivity index (χ0) is 19.3. The van der Waals surface area contributed by atoms with Crippen molar-refractivity contribution in [2.75, 3.05) is 6.54 Å². The summed E-state index contributed by atoms with van der Waals surface area (Å²) in [7, 11) is 2.09. The van der Waals surface area contributed by atoms with Crippen molar-refractivity contribution in [1.82, 2.24) is 19.4 Å². The molecule has 1 N–H and O–H groups in total. The molecule has 1 aromatic carbocycles. The molecule has 7 heteroatoms. The van der Waals surface area contributed by atoms with E-state index < -0.39 is 0 Å². The van der Waals surface area contributed by atoms with E-state index in [1.54, 1.807) is 29.1 Å². The summed E-state index contributed by atoms with van der Waals surface area (Å²) in [6.45, 7) is 1.89. The molecule has 148 valence electrons. The van der Waals surface area contributed by atoms with Crippen molar-refractivity contribution in [3.63, 3.8) is 0 Å². The van der Waals surface area contributed by atoms with E-state index in [0.717, 1.165) is 42.0 Å². The zero-order valence-corrected chi connectivity index (χ0v) is 17.4. The molecule has 5 nitrogen and oxygen atoms in total. The summed E-state index contributed by atoms with van der Waals surface area (Å²) in [6, 6.07) is 13.4. The van der Waals surface area contributed by atoms with Crippen LogP contribution in [0.4, 0.5) is 0 Å². The molecule has 0 atom stereocenters. The molecule has 0 radical (unpaired) electrons. The van der Waals surface area contributed by atoms with Gasteiger partial charge in [0.25, 0.3) is 5.56 Å². The average molecular weight is 427 g/mol. The van der Waals surface area contributed by atoms with Crippen LogP contribution in [0.2, 0.25) is 5.02 Å². The molecule has 1 aliphatic rings. The van der Waals surface area contributed by atoms with Gasteiger partial charge < -0.3 is 9.88 Å². The monoisotopic (exact) mass is 426 g/mol. The lowest BCUT2D eigenvalue weighted by molar-refractivity contribution is 0.614. The predicted octanol–water partition coefficient (Wildman–Crippen LogP) is 4.11. The molecule has 4 heterocycles. The molecule has 0 aliphatic carbocycles. The van der Waals surface area contributed by atoms with Crippen molar-refractivity contribution >= 4 is 34.9 Å². The van der Waals surface area contributed by atoms with E-state index >= 15 is 0 Å². The Morgan fingerprint density at radius 2 is 2.00 bits per heavy atom. The predicted molar refractivity (Wildman–Crippen MR) is 119 cm³/mol. The second-order valence-corrected chi connectivity index (χ2v) is 7.53. The Kier molecular flexibility index (Phi) is 5.21. The molecule has 3 aromatic heterocycles. The summed E-state index contributed by atoms with van der Waals surface area (Å²) in [5.41, 5.74) is 6.18. The zero-order valence-electron chi connectivity index (χ0n) is 15.9. The summed E-state index contributed by atoms with van der Waals surface area (Å²) in [5.74, 6) is 0. The number of hydrogen-bond donors (Lipinski definition) is 1. The number of benzene rings is 1. The van der Waals surface area contributed by atoms with Crippen LogP contribution in [0.15, 0.2) is 59.7 Å². The van der Waals surface area contributed by atoms with Gasteiger partial charge in [-0.15, -0.1) is 12.4 Å². The maximum absolute atomic E-state index is 12.8. The molecule has 0 fully saturated rings. The van der Waals surface area contributed by atoms with Gasteiger partial charge >= 0.3 is 0 Å². The maximum atomic E-state index is 12.8. The molecule has 0 saturated carbocycles. The quantitative estimate of drug-likeness (QED) is 0.524. The van der Waals surface area contributed by atoms with Gasteiger partial charge in [-0.3, -0.25) is 14.3 Å². The van der Waals surface area contributed by atoms with Gasteiger partial charge in [0.2, 0.25) is 0 Å². The number of nitrogens with zero attached hydrogens (tertiary/aromatic N) is 3. The van der Waals surface area contributed by atoms with Crippen LogP contribution in [0.5, 0.6) is 0 Å². The van der Waals surface area contributed by atoms with Crippen molar-refractivity contribution < 1.29 is 0 Å². The molecular weight excluding hydrogens is 407 g/mol. The molecule has 29 heavy (non-hydrogen) atoms. The first kappa shape index (κ1) is 19.7. The molecule has 0 amide bonds. The van der Waals surface area contributed by atoms with Crippen LogP contribution in [0.3, 0.4) is 0 Å². The molecule has 1 aliphatic heterocycles. The fourth-order valence-corrected chi connectivity index (χ4v) is 4.14. The summed E-state index contributed by atoms with van der Waals surface area (Å²) in [4.78, 5) is 17.1. The van der Waals surface area contributed by atoms with Gasteiger partial charge in [-0.05, 0) is 48.9 Å². The van der Waals surface area contributed by atoms with E-state index in [-0.39, 0.29) is 18.0 Å². The largest absolute Gasteiger partial charge is 0.346 e. The second kappa shape index (κ2) is 7.67. The van der Waals surface area contributed by atoms with Gasteiger partial charge in [-0.1, -0.05) is 17.7 Å². The minimum absolute atomic E-state index is 0. The highest BCUT2D eigenvalue weighted by Crippen LogP contribution is 2.29. The van der Waals surface area contributed by atoms with E-state index in [2.05, 4.69) is 34.0 Å². The van der Waals surface area contributed by atoms with Crippen LogP contribution in [0, 0.1) is 0 Å². The Bertz CT molecular complexity index is 1260. The van der Waals surface area contributed by atoms with Gasteiger partial charge in [0, 0.05) is 48.7 Å². The Hall–Kier alpha value is -2.60. The fraction of sp³-hybridized carbons (Fsp3) is 0.182. The van der Waals surface area contributed by atoms with Crippen molar-refractivity contribution in [3.8, 4) is 16.9 Å². The lowest BCUT2D eigenvalue weighted by Crippen LogP contribution is -2.24.